The molecule has 0 amide bonds. The molecule has 0 saturated carbocycles. The minimum absolute atomic E-state index is 0.332. The lowest BCUT2D eigenvalue weighted by Crippen LogP contribution is -2.08. The molecule has 1 atom stereocenters. The van der Waals surface area contributed by atoms with E-state index in [1.54, 1.807) is 11.3 Å². The molecule has 0 aromatic carbocycles. The highest BCUT2D eigenvalue weighted by molar-refractivity contribution is 7.12. The molecular weight excluding hydrogens is 212 g/mol. The van der Waals surface area contributed by atoms with E-state index in [1.807, 2.05) is 6.92 Å². The van der Waals surface area contributed by atoms with E-state index in [4.69, 9.17) is 0 Å². The Labute approximate surface area is 92.7 Å². The standard InChI is InChI=1S/C10H14N2O2S/c1-6-8(10(13)14-2)12-9(15-6)7-3-4-11-5-7/h7,11H,3-5H2,1-2H3. The smallest absolute Gasteiger partial charge is 0.357 e. The Bertz CT molecular complexity index is 369. The van der Waals surface area contributed by atoms with Gasteiger partial charge in [0.15, 0.2) is 5.69 Å². The zero-order valence-electron chi connectivity index (χ0n) is 8.87. The number of aromatic nitrogens is 1. The van der Waals surface area contributed by atoms with Gasteiger partial charge in [0, 0.05) is 17.3 Å². The number of ether oxygens (including phenoxy) is 1. The van der Waals surface area contributed by atoms with Crippen LogP contribution in [0.5, 0.6) is 0 Å². The first kappa shape index (κ1) is 10.6. The number of hydrogen-bond donors (Lipinski definition) is 1. The quantitative estimate of drug-likeness (QED) is 0.773. The predicted molar refractivity (Wildman–Crippen MR) is 58.4 cm³/mol. The van der Waals surface area contributed by atoms with Gasteiger partial charge in [-0.1, -0.05) is 0 Å². The number of methoxy groups -OCH3 is 1. The molecule has 2 rings (SSSR count). The van der Waals surface area contributed by atoms with Crippen molar-refractivity contribution in [1.29, 1.82) is 0 Å². The summed E-state index contributed by atoms with van der Waals surface area (Å²) in [5, 5.41) is 4.35. The predicted octanol–water partition coefficient (Wildman–Crippen LogP) is 1.32. The van der Waals surface area contributed by atoms with E-state index in [9.17, 15) is 4.79 Å². The van der Waals surface area contributed by atoms with E-state index in [1.165, 1.54) is 7.11 Å². The Balaban J connectivity index is 2.23. The van der Waals surface area contributed by atoms with E-state index < -0.39 is 0 Å². The Morgan fingerprint density at radius 1 is 1.67 bits per heavy atom. The van der Waals surface area contributed by atoms with Crippen molar-refractivity contribution < 1.29 is 9.53 Å². The van der Waals surface area contributed by atoms with Gasteiger partial charge in [0.25, 0.3) is 0 Å². The van der Waals surface area contributed by atoms with Crippen molar-refractivity contribution in [3.63, 3.8) is 0 Å². The molecule has 1 aliphatic heterocycles. The second-order valence-corrected chi connectivity index (χ2v) is 4.87. The van der Waals surface area contributed by atoms with Crippen molar-refractivity contribution in [2.24, 2.45) is 0 Å². The van der Waals surface area contributed by atoms with Crippen molar-refractivity contribution in [1.82, 2.24) is 10.3 Å². The van der Waals surface area contributed by atoms with Gasteiger partial charge in [0.2, 0.25) is 0 Å². The third-order valence-corrected chi connectivity index (χ3v) is 3.73. The zero-order chi connectivity index (χ0) is 10.8. The van der Waals surface area contributed by atoms with Gasteiger partial charge in [-0.25, -0.2) is 9.78 Å². The lowest BCUT2D eigenvalue weighted by molar-refractivity contribution is 0.0594. The monoisotopic (exact) mass is 226 g/mol. The molecule has 1 unspecified atom stereocenters. The second-order valence-electron chi connectivity index (χ2n) is 3.64. The Morgan fingerprint density at radius 3 is 3.07 bits per heavy atom. The molecule has 15 heavy (non-hydrogen) atoms. The molecule has 82 valence electrons. The fraction of sp³-hybridized carbons (Fsp3) is 0.600. The summed E-state index contributed by atoms with van der Waals surface area (Å²) >= 11 is 1.60. The fourth-order valence-electron chi connectivity index (χ4n) is 1.74. The molecular formula is C10H14N2O2S. The van der Waals surface area contributed by atoms with E-state index >= 15 is 0 Å². The van der Waals surface area contributed by atoms with Gasteiger partial charge >= 0.3 is 5.97 Å². The maximum Gasteiger partial charge on any atom is 0.357 e. The molecule has 0 radical (unpaired) electrons. The van der Waals surface area contributed by atoms with Crippen molar-refractivity contribution in [3.8, 4) is 0 Å². The lowest BCUT2D eigenvalue weighted by atomic mass is 10.1. The number of carbonyl (C=O) groups excluding carboxylic acids is 1. The molecule has 1 N–H and O–H groups in total. The van der Waals surface area contributed by atoms with Crippen LogP contribution in [0.2, 0.25) is 0 Å². The molecule has 0 bridgehead atoms. The molecule has 5 heteroatoms. The van der Waals surface area contributed by atoms with Crippen LogP contribution in [-0.2, 0) is 4.74 Å². The van der Waals surface area contributed by atoms with Gasteiger partial charge in [-0.2, -0.15) is 0 Å². The number of thiazole rings is 1. The molecule has 0 aliphatic carbocycles. The summed E-state index contributed by atoms with van der Waals surface area (Å²) < 4.78 is 4.68. The topological polar surface area (TPSA) is 51.2 Å². The summed E-state index contributed by atoms with van der Waals surface area (Å²) in [4.78, 5) is 16.7. The number of hydrogen-bond acceptors (Lipinski definition) is 5. The molecule has 1 aromatic heterocycles. The molecule has 4 nitrogen and oxygen atoms in total. The number of aryl methyl sites for hydroxylation is 1. The first-order valence-electron chi connectivity index (χ1n) is 4.98. The SMILES string of the molecule is COC(=O)c1nc(C2CCNC2)sc1C. The molecule has 1 fully saturated rings. The van der Waals surface area contributed by atoms with Crippen LogP contribution in [0.25, 0.3) is 0 Å². The van der Waals surface area contributed by atoms with Crippen molar-refractivity contribution in [2.75, 3.05) is 20.2 Å². The Morgan fingerprint density at radius 2 is 2.47 bits per heavy atom. The van der Waals surface area contributed by atoms with Gasteiger partial charge in [0.05, 0.1) is 12.1 Å². The normalized spacial score (nSPS) is 20.5. The average Bonchev–Trinajstić information content (AvgIpc) is 2.84. The third-order valence-electron chi connectivity index (χ3n) is 2.60. The summed E-state index contributed by atoms with van der Waals surface area (Å²) in [6.45, 7) is 3.92. The van der Waals surface area contributed by atoms with Crippen LogP contribution < -0.4 is 5.32 Å². The highest BCUT2D eigenvalue weighted by atomic mass is 32.1. The van der Waals surface area contributed by atoms with E-state index in [0.29, 0.717) is 11.6 Å². The van der Waals surface area contributed by atoms with Gasteiger partial charge in [-0.05, 0) is 19.9 Å². The van der Waals surface area contributed by atoms with Crippen molar-refractivity contribution in [3.05, 3.63) is 15.6 Å². The number of nitrogens with zero attached hydrogens (tertiary/aromatic N) is 1. The van der Waals surface area contributed by atoms with Gasteiger partial charge in [-0.3, -0.25) is 0 Å². The van der Waals surface area contributed by atoms with Crippen LogP contribution >= 0.6 is 11.3 Å². The van der Waals surface area contributed by atoms with Crippen molar-refractivity contribution in [2.45, 2.75) is 19.3 Å². The van der Waals surface area contributed by atoms with Crippen LogP contribution in [-0.4, -0.2) is 31.2 Å². The average molecular weight is 226 g/mol. The molecule has 0 spiro atoms. The van der Waals surface area contributed by atoms with E-state index in [-0.39, 0.29) is 5.97 Å². The molecule has 1 aromatic rings. The molecule has 2 heterocycles. The highest BCUT2D eigenvalue weighted by Gasteiger charge is 2.23. The first-order chi connectivity index (χ1) is 7.22. The minimum Gasteiger partial charge on any atom is -0.464 e. The Hall–Kier alpha value is -0.940. The van der Waals surface area contributed by atoms with Gasteiger partial charge in [-0.15, -0.1) is 11.3 Å². The first-order valence-corrected chi connectivity index (χ1v) is 5.80. The van der Waals surface area contributed by atoms with Gasteiger partial charge < -0.3 is 10.1 Å². The largest absolute Gasteiger partial charge is 0.464 e. The Kier molecular flexibility index (Phi) is 3.02. The number of esters is 1. The maximum atomic E-state index is 11.4. The minimum atomic E-state index is -0.332. The van der Waals surface area contributed by atoms with Crippen LogP contribution in [0.4, 0.5) is 0 Å². The third kappa shape index (κ3) is 2.03. The zero-order valence-corrected chi connectivity index (χ0v) is 9.69. The van der Waals surface area contributed by atoms with E-state index in [0.717, 1.165) is 29.4 Å². The number of nitrogens with one attached hydrogen (secondary N) is 1. The fourth-order valence-corrected chi connectivity index (χ4v) is 2.79. The van der Waals surface area contributed by atoms with Crippen LogP contribution in [0.1, 0.15) is 32.7 Å². The summed E-state index contributed by atoms with van der Waals surface area (Å²) in [6, 6.07) is 0. The number of rotatable bonds is 2. The summed E-state index contributed by atoms with van der Waals surface area (Å²) in [5.41, 5.74) is 0.476. The maximum absolute atomic E-state index is 11.4. The number of carbonyl (C=O) groups is 1. The lowest BCUT2D eigenvalue weighted by Gasteiger charge is -2.01. The van der Waals surface area contributed by atoms with Crippen molar-refractivity contribution >= 4 is 17.3 Å². The molecule has 1 aliphatic rings. The summed E-state index contributed by atoms with van der Waals surface area (Å²) in [5.74, 6) is 0.132. The summed E-state index contributed by atoms with van der Waals surface area (Å²) in [6.07, 6.45) is 1.10. The highest BCUT2D eigenvalue weighted by Crippen LogP contribution is 2.28. The second kappa shape index (κ2) is 4.28. The van der Waals surface area contributed by atoms with Crippen LogP contribution in [0.15, 0.2) is 0 Å². The van der Waals surface area contributed by atoms with Crippen LogP contribution in [0.3, 0.4) is 0 Å². The van der Waals surface area contributed by atoms with Crippen LogP contribution in [0, 0.1) is 6.92 Å². The summed E-state index contributed by atoms with van der Waals surface area (Å²) in [7, 11) is 1.39. The molecule has 1 saturated heterocycles. The van der Waals surface area contributed by atoms with E-state index in [2.05, 4.69) is 15.0 Å². The van der Waals surface area contributed by atoms with Gasteiger partial charge in [0.1, 0.15) is 0 Å².